The van der Waals surface area contributed by atoms with E-state index in [4.69, 9.17) is 4.74 Å². The van der Waals surface area contributed by atoms with Gasteiger partial charge in [0.1, 0.15) is 11.6 Å². The van der Waals surface area contributed by atoms with E-state index in [0.29, 0.717) is 5.75 Å². The zero-order valence-electron chi connectivity index (χ0n) is 10.8. The predicted molar refractivity (Wildman–Crippen MR) is 67.8 cm³/mol. The maximum absolute atomic E-state index is 12.7. The lowest BCUT2D eigenvalue weighted by molar-refractivity contribution is -0.145. The van der Waals surface area contributed by atoms with E-state index in [0.717, 1.165) is 5.56 Å². The monoisotopic (exact) mass is 283 g/mol. The first kappa shape index (κ1) is 14.1. The Kier molecular flexibility index (Phi) is 3.78. The Hall–Kier alpha value is -2.31. The highest BCUT2D eigenvalue weighted by Gasteiger charge is 2.35. The van der Waals surface area contributed by atoms with Crippen molar-refractivity contribution in [3.63, 3.8) is 0 Å². The SMILES string of the molecule is CNc1cc(Oc2ccccc2C)nc(C(F)(F)F)n1. The van der Waals surface area contributed by atoms with Crippen molar-refractivity contribution in [2.45, 2.75) is 13.1 Å². The van der Waals surface area contributed by atoms with Gasteiger partial charge in [-0.25, -0.2) is 4.98 Å². The number of ether oxygens (including phenoxy) is 1. The second kappa shape index (κ2) is 5.36. The van der Waals surface area contributed by atoms with Crippen LogP contribution in [0, 0.1) is 6.92 Å². The van der Waals surface area contributed by atoms with Crippen LogP contribution in [0.3, 0.4) is 0 Å². The highest BCUT2D eigenvalue weighted by atomic mass is 19.4. The van der Waals surface area contributed by atoms with E-state index in [9.17, 15) is 13.2 Å². The summed E-state index contributed by atoms with van der Waals surface area (Å²) in [5.74, 6) is -0.920. The van der Waals surface area contributed by atoms with E-state index in [1.165, 1.54) is 13.1 Å². The molecule has 0 bridgehead atoms. The Bertz CT molecular complexity index is 614. The highest BCUT2D eigenvalue weighted by Crippen LogP contribution is 2.31. The number of halogens is 3. The maximum Gasteiger partial charge on any atom is 0.451 e. The molecule has 0 amide bonds. The zero-order chi connectivity index (χ0) is 14.8. The largest absolute Gasteiger partial charge is 0.451 e. The van der Waals surface area contributed by atoms with Crippen molar-refractivity contribution in [3.05, 3.63) is 41.7 Å². The number of anilines is 1. The fraction of sp³-hybridized carbons (Fsp3) is 0.231. The van der Waals surface area contributed by atoms with Crippen molar-refractivity contribution >= 4 is 5.82 Å². The minimum Gasteiger partial charge on any atom is -0.439 e. The lowest BCUT2D eigenvalue weighted by Gasteiger charge is -2.11. The van der Waals surface area contributed by atoms with Crippen LogP contribution in [0.25, 0.3) is 0 Å². The van der Waals surface area contributed by atoms with E-state index in [2.05, 4.69) is 15.3 Å². The third-order valence-corrected chi connectivity index (χ3v) is 2.52. The van der Waals surface area contributed by atoms with Crippen molar-refractivity contribution in [1.29, 1.82) is 0 Å². The van der Waals surface area contributed by atoms with Crippen molar-refractivity contribution in [1.82, 2.24) is 9.97 Å². The molecule has 0 aliphatic heterocycles. The number of hydrogen-bond acceptors (Lipinski definition) is 4. The average molecular weight is 283 g/mol. The molecule has 1 aromatic heterocycles. The number of alkyl halides is 3. The molecule has 2 rings (SSSR count). The molecule has 0 radical (unpaired) electrons. The van der Waals surface area contributed by atoms with Gasteiger partial charge in [0, 0.05) is 13.1 Å². The fourth-order valence-corrected chi connectivity index (χ4v) is 1.52. The second-order valence-corrected chi connectivity index (χ2v) is 4.03. The molecule has 0 aliphatic carbocycles. The summed E-state index contributed by atoms with van der Waals surface area (Å²) >= 11 is 0. The van der Waals surface area contributed by atoms with Gasteiger partial charge in [-0.15, -0.1) is 0 Å². The molecule has 0 atom stereocenters. The van der Waals surface area contributed by atoms with Gasteiger partial charge in [0.25, 0.3) is 0 Å². The number of para-hydroxylation sites is 1. The van der Waals surface area contributed by atoms with Gasteiger partial charge in [-0.05, 0) is 18.6 Å². The van der Waals surface area contributed by atoms with Crippen LogP contribution in [0.1, 0.15) is 11.4 Å². The third-order valence-electron chi connectivity index (χ3n) is 2.52. The molecule has 1 aromatic carbocycles. The standard InChI is InChI=1S/C13H12F3N3O/c1-8-5-3-4-6-9(8)20-11-7-10(17-2)18-12(19-11)13(14,15)16/h3-7H,1-2H3,(H,17,18,19). The first-order valence-electron chi connectivity index (χ1n) is 5.77. The molecule has 2 aromatic rings. The van der Waals surface area contributed by atoms with Gasteiger partial charge in [0.05, 0.1) is 0 Å². The topological polar surface area (TPSA) is 47.0 Å². The van der Waals surface area contributed by atoms with Crippen molar-refractivity contribution in [3.8, 4) is 11.6 Å². The van der Waals surface area contributed by atoms with E-state index in [1.54, 1.807) is 25.1 Å². The summed E-state index contributed by atoms with van der Waals surface area (Å²) in [4.78, 5) is 6.75. The average Bonchev–Trinajstić information content (AvgIpc) is 2.40. The van der Waals surface area contributed by atoms with Gasteiger partial charge in [-0.1, -0.05) is 18.2 Å². The third kappa shape index (κ3) is 3.17. The predicted octanol–water partition coefficient (Wildman–Crippen LogP) is 3.64. The van der Waals surface area contributed by atoms with Crippen LogP contribution >= 0.6 is 0 Å². The van der Waals surface area contributed by atoms with Gasteiger partial charge < -0.3 is 10.1 Å². The number of nitrogens with zero attached hydrogens (tertiary/aromatic N) is 2. The molecular formula is C13H12F3N3O. The van der Waals surface area contributed by atoms with Crippen LogP contribution in [-0.2, 0) is 6.18 Å². The van der Waals surface area contributed by atoms with Crippen LogP contribution in [0.5, 0.6) is 11.6 Å². The van der Waals surface area contributed by atoms with Gasteiger partial charge in [0.15, 0.2) is 0 Å². The molecule has 0 saturated carbocycles. The Morgan fingerprint density at radius 2 is 1.85 bits per heavy atom. The molecule has 106 valence electrons. The summed E-state index contributed by atoms with van der Waals surface area (Å²) < 4.78 is 43.5. The highest BCUT2D eigenvalue weighted by molar-refractivity contribution is 5.41. The van der Waals surface area contributed by atoms with Crippen LogP contribution in [0.4, 0.5) is 19.0 Å². The van der Waals surface area contributed by atoms with Gasteiger partial charge in [-0.3, -0.25) is 0 Å². The summed E-state index contributed by atoms with van der Waals surface area (Å²) in [6, 6.07) is 8.29. The molecule has 0 saturated heterocycles. The summed E-state index contributed by atoms with van der Waals surface area (Å²) in [7, 11) is 1.47. The number of aromatic nitrogens is 2. The van der Waals surface area contributed by atoms with E-state index < -0.39 is 12.0 Å². The molecule has 0 unspecified atom stereocenters. The minimum atomic E-state index is -4.63. The molecule has 20 heavy (non-hydrogen) atoms. The Labute approximate surface area is 113 Å². The summed E-state index contributed by atoms with van der Waals surface area (Å²) in [5.41, 5.74) is 0.797. The molecular weight excluding hydrogens is 271 g/mol. The number of benzene rings is 1. The van der Waals surface area contributed by atoms with Crippen molar-refractivity contribution in [2.24, 2.45) is 0 Å². The second-order valence-electron chi connectivity index (χ2n) is 4.03. The van der Waals surface area contributed by atoms with Gasteiger partial charge in [0.2, 0.25) is 11.7 Å². The Balaban J connectivity index is 2.39. The maximum atomic E-state index is 12.7. The molecule has 0 spiro atoms. The van der Waals surface area contributed by atoms with Crippen LogP contribution in [0.2, 0.25) is 0 Å². The zero-order valence-corrected chi connectivity index (χ0v) is 10.8. The first-order valence-corrected chi connectivity index (χ1v) is 5.77. The number of hydrogen-bond donors (Lipinski definition) is 1. The lowest BCUT2D eigenvalue weighted by Crippen LogP contribution is -2.13. The quantitative estimate of drug-likeness (QED) is 0.934. The van der Waals surface area contributed by atoms with Crippen LogP contribution < -0.4 is 10.1 Å². The normalized spacial score (nSPS) is 11.2. The summed E-state index contributed by atoms with van der Waals surface area (Å²) in [6.07, 6.45) is -4.63. The van der Waals surface area contributed by atoms with Crippen molar-refractivity contribution in [2.75, 3.05) is 12.4 Å². The fourth-order valence-electron chi connectivity index (χ4n) is 1.52. The van der Waals surface area contributed by atoms with Gasteiger partial charge >= 0.3 is 6.18 Å². The van der Waals surface area contributed by atoms with Gasteiger partial charge in [-0.2, -0.15) is 18.2 Å². The summed E-state index contributed by atoms with van der Waals surface area (Å²) in [6.45, 7) is 1.79. The van der Waals surface area contributed by atoms with Crippen molar-refractivity contribution < 1.29 is 17.9 Å². The smallest absolute Gasteiger partial charge is 0.439 e. The number of rotatable bonds is 3. The van der Waals surface area contributed by atoms with Crippen LogP contribution in [0.15, 0.2) is 30.3 Å². The number of aryl methyl sites for hydroxylation is 1. The van der Waals surface area contributed by atoms with E-state index >= 15 is 0 Å². The molecule has 1 N–H and O–H groups in total. The first-order chi connectivity index (χ1) is 9.40. The summed E-state index contributed by atoms with van der Waals surface area (Å²) in [5, 5.41) is 2.55. The Morgan fingerprint density at radius 3 is 2.45 bits per heavy atom. The molecule has 7 heteroatoms. The Morgan fingerprint density at radius 1 is 1.15 bits per heavy atom. The lowest BCUT2D eigenvalue weighted by atomic mass is 10.2. The minimum absolute atomic E-state index is 0.0379. The molecule has 0 fully saturated rings. The van der Waals surface area contributed by atoms with E-state index in [-0.39, 0.29) is 11.7 Å². The number of nitrogens with one attached hydrogen (secondary N) is 1. The van der Waals surface area contributed by atoms with Crippen LogP contribution in [-0.4, -0.2) is 17.0 Å². The molecule has 4 nitrogen and oxygen atoms in total. The van der Waals surface area contributed by atoms with E-state index in [1.807, 2.05) is 6.07 Å². The molecule has 1 heterocycles. The molecule has 0 aliphatic rings.